The van der Waals surface area contributed by atoms with Crippen LogP contribution in [0, 0.1) is 0 Å². The summed E-state index contributed by atoms with van der Waals surface area (Å²) in [4.78, 5) is 27.8. The minimum atomic E-state index is -0.133. The molecule has 35 heavy (non-hydrogen) atoms. The summed E-state index contributed by atoms with van der Waals surface area (Å²) in [5.74, 6) is 0.819. The first-order chi connectivity index (χ1) is 17.1. The number of carbonyl (C=O) groups is 2. The molecule has 0 aliphatic heterocycles. The average molecular weight is 501 g/mol. The van der Waals surface area contributed by atoms with Crippen molar-refractivity contribution in [3.05, 3.63) is 24.3 Å². The fourth-order valence-corrected chi connectivity index (χ4v) is 5.41. The van der Waals surface area contributed by atoms with E-state index >= 15 is 0 Å². The molecule has 8 heteroatoms. The average Bonchev–Trinajstić information content (AvgIpc) is 3.35. The van der Waals surface area contributed by atoms with Gasteiger partial charge in [-0.05, 0) is 31.4 Å². The van der Waals surface area contributed by atoms with E-state index in [-0.39, 0.29) is 24.3 Å². The van der Waals surface area contributed by atoms with E-state index < -0.39 is 0 Å². The smallest absolute Gasteiger partial charge is 0.227 e. The van der Waals surface area contributed by atoms with E-state index in [2.05, 4.69) is 22.4 Å². The number of ether oxygens (including phenoxy) is 1. The van der Waals surface area contributed by atoms with Crippen LogP contribution in [0.25, 0.3) is 10.6 Å². The number of aromatic nitrogens is 2. The van der Waals surface area contributed by atoms with Crippen molar-refractivity contribution < 1.29 is 14.3 Å². The van der Waals surface area contributed by atoms with Crippen molar-refractivity contribution in [2.24, 2.45) is 0 Å². The Morgan fingerprint density at radius 3 is 2.60 bits per heavy atom. The number of unbranched alkanes of at least 4 members (excludes halogenated alkanes) is 5. The Kier molecular flexibility index (Phi) is 11.5. The second-order valence-electron chi connectivity index (χ2n) is 9.34. The summed E-state index contributed by atoms with van der Waals surface area (Å²) < 4.78 is 5.27. The maximum absolute atomic E-state index is 13.1. The standard InChI is InChI=1S/C27H40N4O3S/c1-3-4-5-6-7-11-17-25(33)31(22-14-9-8-10-15-22)19-18-24(32)28-27-30-29-26(35-27)21-13-12-16-23(20-21)34-2/h12-13,16,20,22H,3-11,14-15,17-19H2,1-2H3,(H,28,30,32). The number of benzene rings is 1. The van der Waals surface area contributed by atoms with Crippen LogP contribution < -0.4 is 10.1 Å². The second-order valence-corrected chi connectivity index (χ2v) is 10.3. The van der Waals surface area contributed by atoms with E-state index in [1.54, 1.807) is 7.11 Å². The summed E-state index contributed by atoms with van der Waals surface area (Å²) >= 11 is 1.33. The van der Waals surface area contributed by atoms with E-state index in [0.29, 0.717) is 18.1 Å². The number of nitrogens with zero attached hydrogens (tertiary/aromatic N) is 3. The number of anilines is 1. The number of methoxy groups -OCH3 is 1. The van der Waals surface area contributed by atoms with Crippen LogP contribution in [0.1, 0.15) is 90.4 Å². The molecule has 1 aliphatic rings. The Balaban J connectivity index is 1.51. The molecule has 3 rings (SSSR count). The number of hydrogen-bond acceptors (Lipinski definition) is 6. The van der Waals surface area contributed by atoms with Gasteiger partial charge in [0.25, 0.3) is 0 Å². The predicted octanol–water partition coefficient (Wildman–Crippen LogP) is 6.45. The van der Waals surface area contributed by atoms with Gasteiger partial charge in [0.05, 0.1) is 7.11 Å². The van der Waals surface area contributed by atoms with Crippen LogP contribution in [0.2, 0.25) is 0 Å². The predicted molar refractivity (Wildman–Crippen MR) is 142 cm³/mol. The van der Waals surface area contributed by atoms with Crippen LogP contribution in [0.5, 0.6) is 5.75 Å². The lowest BCUT2D eigenvalue weighted by atomic mass is 9.93. The largest absolute Gasteiger partial charge is 0.497 e. The number of hydrogen-bond donors (Lipinski definition) is 1. The molecule has 7 nitrogen and oxygen atoms in total. The van der Waals surface area contributed by atoms with Crippen molar-refractivity contribution in [1.29, 1.82) is 0 Å². The third kappa shape index (κ3) is 8.91. The van der Waals surface area contributed by atoms with Gasteiger partial charge in [-0.1, -0.05) is 81.8 Å². The third-order valence-corrected chi connectivity index (χ3v) is 7.54. The van der Waals surface area contributed by atoms with E-state index in [1.165, 1.54) is 43.4 Å². The molecule has 0 spiro atoms. The van der Waals surface area contributed by atoms with Gasteiger partial charge in [-0.2, -0.15) is 0 Å². The zero-order valence-electron chi connectivity index (χ0n) is 21.3. The molecule has 1 N–H and O–H groups in total. The molecule has 2 amide bonds. The molecule has 0 bridgehead atoms. The molecule has 192 valence electrons. The Morgan fingerprint density at radius 2 is 1.83 bits per heavy atom. The van der Waals surface area contributed by atoms with Gasteiger partial charge < -0.3 is 15.0 Å². The van der Waals surface area contributed by atoms with Gasteiger partial charge >= 0.3 is 0 Å². The Bertz CT molecular complexity index is 927. The molecule has 0 radical (unpaired) electrons. The topological polar surface area (TPSA) is 84.4 Å². The van der Waals surface area contributed by atoms with Crippen molar-refractivity contribution in [3.63, 3.8) is 0 Å². The quantitative estimate of drug-likeness (QED) is 0.301. The highest BCUT2D eigenvalue weighted by Crippen LogP contribution is 2.29. The minimum absolute atomic E-state index is 0.133. The normalized spacial score (nSPS) is 14.0. The van der Waals surface area contributed by atoms with Crippen LogP contribution in [-0.4, -0.2) is 46.6 Å². The van der Waals surface area contributed by atoms with E-state index in [4.69, 9.17) is 4.74 Å². The van der Waals surface area contributed by atoms with Crippen molar-refractivity contribution in [1.82, 2.24) is 15.1 Å². The van der Waals surface area contributed by atoms with Gasteiger partial charge in [0.1, 0.15) is 10.8 Å². The molecule has 1 saturated carbocycles. The van der Waals surface area contributed by atoms with Crippen LogP contribution in [0.15, 0.2) is 24.3 Å². The monoisotopic (exact) mass is 500 g/mol. The van der Waals surface area contributed by atoms with Crippen molar-refractivity contribution >= 4 is 28.3 Å². The van der Waals surface area contributed by atoms with Gasteiger partial charge in [0.2, 0.25) is 16.9 Å². The Labute approximate surface area is 213 Å². The summed E-state index contributed by atoms with van der Waals surface area (Å²) in [5, 5.41) is 12.4. The number of amides is 2. The van der Waals surface area contributed by atoms with Gasteiger partial charge in [-0.3, -0.25) is 9.59 Å². The highest BCUT2D eigenvalue weighted by Gasteiger charge is 2.25. The van der Waals surface area contributed by atoms with E-state index in [1.807, 2.05) is 29.2 Å². The molecule has 1 fully saturated rings. The molecule has 0 saturated heterocycles. The first-order valence-corrected chi connectivity index (χ1v) is 14.0. The highest BCUT2D eigenvalue weighted by atomic mass is 32.1. The van der Waals surface area contributed by atoms with E-state index in [0.717, 1.165) is 54.8 Å². The fraction of sp³-hybridized carbons (Fsp3) is 0.630. The van der Waals surface area contributed by atoms with Gasteiger partial charge in [-0.15, -0.1) is 10.2 Å². The molecule has 1 heterocycles. The SMILES string of the molecule is CCCCCCCCC(=O)N(CCC(=O)Nc1nnc(-c2cccc(OC)c2)s1)C1CCCCC1. The van der Waals surface area contributed by atoms with Crippen LogP contribution in [0.3, 0.4) is 0 Å². The van der Waals surface area contributed by atoms with Gasteiger partial charge in [-0.25, -0.2) is 0 Å². The molecular weight excluding hydrogens is 460 g/mol. The zero-order valence-corrected chi connectivity index (χ0v) is 22.1. The number of rotatable bonds is 14. The Morgan fingerprint density at radius 1 is 1.06 bits per heavy atom. The minimum Gasteiger partial charge on any atom is -0.497 e. The molecule has 1 aromatic carbocycles. The molecule has 0 atom stereocenters. The summed E-state index contributed by atoms with van der Waals surface area (Å²) in [6.07, 6.45) is 13.5. The summed E-state index contributed by atoms with van der Waals surface area (Å²) in [6, 6.07) is 7.87. The summed E-state index contributed by atoms with van der Waals surface area (Å²) in [5.41, 5.74) is 0.895. The van der Waals surface area contributed by atoms with Crippen LogP contribution in [-0.2, 0) is 9.59 Å². The van der Waals surface area contributed by atoms with Crippen molar-refractivity contribution in [2.45, 2.75) is 96.4 Å². The van der Waals surface area contributed by atoms with Crippen molar-refractivity contribution in [3.8, 4) is 16.3 Å². The van der Waals surface area contributed by atoms with Gasteiger partial charge in [0, 0.05) is 31.0 Å². The number of nitrogens with one attached hydrogen (secondary N) is 1. The molecule has 1 aromatic heterocycles. The van der Waals surface area contributed by atoms with E-state index in [9.17, 15) is 9.59 Å². The van der Waals surface area contributed by atoms with Crippen molar-refractivity contribution in [2.75, 3.05) is 19.0 Å². The lowest BCUT2D eigenvalue weighted by Crippen LogP contribution is -2.43. The van der Waals surface area contributed by atoms with Crippen LogP contribution >= 0.6 is 11.3 Å². The lowest BCUT2D eigenvalue weighted by Gasteiger charge is -2.34. The first kappa shape index (κ1) is 27.1. The first-order valence-electron chi connectivity index (χ1n) is 13.2. The molecule has 0 unspecified atom stereocenters. The number of carbonyl (C=O) groups excluding carboxylic acids is 2. The maximum Gasteiger partial charge on any atom is 0.227 e. The summed E-state index contributed by atoms with van der Waals surface area (Å²) in [7, 11) is 1.62. The van der Waals surface area contributed by atoms with Gasteiger partial charge in [0.15, 0.2) is 0 Å². The molecular formula is C27H40N4O3S. The molecule has 1 aliphatic carbocycles. The second kappa shape index (κ2) is 14.8. The lowest BCUT2D eigenvalue weighted by molar-refractivity contribution is -0.134. The third-order valence-electron chi connectivity index (χ3n) is 6.65. The fourth-order valence-electron chi connectivity index (χ4n) is 4.65. The van der Waals surface area contributed by atoms with Crippen LogP contribution in [0.4, 0.5) is 5.13 Å². The highest BCUT2D eigenvalue weighted by molar-refractivity contribution is 7.18. The Hall–Kier alpha value is -2.48. The summed E-state index contributed by atoms with van der Waals surface area (Å²) in [6.45, 7) is 2.68. The zero-order chi connectivity index (χ0) is 24.9. The molecule has 2 aromatic rings. The maximum atomic E-state index is 13.1.